The van der Waals surface area contributed by atoms with Gasteiger partial charge in [0.2, 0.25) is 5.91 Å². The lowest BCUT2D eigenvalue weighted by molar-refractivity contribution is -0.123. The number of hydrogen-bond acceptors (Lipinski definition) is 5. The number of para-hydroxylation sites is 1. The van der Waals surface area contributed by atoms with E-state index in [1.165, 1.54) is 19.1 Å². The van der Waals surface area contributed by atoms with Crippen LogP contribution in [0, 0.1) is 0 Å². The van der Waals surface area contributed by atoms with E-state index in [2.05, 4.69) is 10.3 Å². The van der Waals surface area contributed by atoms with Gasteiger partial charge in [0.25, 0.3) is 5.91 Å². The van der Waals surface area contributed by atoms with E-state index in [1.54, 1.807) is 42.5 Å². The number of esters is 1. The van der Waals surface area contributed by atoms with E-state index < -0.39 is 23.9 Å². The Balaban J connectivity index is 1.58. The lowest BCUT2D eigenvalue weighted by atomic mass is 10.0. The van der Waals surface area contributed by atoms with E-state index in [4.69, 9.17) is 22.1 Å². The first-order chi connectivity index (χ1) is 16.3. The number of fused-ring (bicyclic) bond motifs is 1. The first-order valence-electron chi connectivity index (χ1n) is 10.4. The van der Waals surface area contributed by atoms with Crippen molar-refractivity contribution in [2.75, 3.05) is 5.32 Å². The number of nitrogens with two attached hydrogens (primary N) is 1. The molecule has 0 saturated heterocycles. The smallest absolute Gasteiger partial charge is 0.339 e. The summed E-state index contributed by atoms with van der Waals surface area (Å²) in [5, 5.41) is 3.74. The van der Waals surface area contributed by atoms with E-state index in [1.807, 2.05) is 24.3 Å². The SMILES string of the molecule is C[C@@H](OC(=O)c1cc(-c2ccccc2Cl)nc2ccccc12)C(=O)Nc1ccc(C(N)=O)cc1. The third kappa shape index (κ3) is 4.89. The average molecular weight is 474 g/mol. The molecule has 3 aromatic carbocycles. The molecule has 7 nitrogen and oxygen atoms in total. The number of benzene rings is 3. The third-order valence-corrected chi connectivity index (χ3v) is 5.51. The fraction of sp³-hybridized carbons (Fsp3) is 0.0769. The molecular weight excluding hydrogens is 454 g/mol. The van der Waals surface area contributed by atoms with Gasteiger partial charge in [0.1, 0.15) is 0 Å². The van der Waals surface area contributed by atoms with Crippen LogP contribution >= 0.6 is 11.6 Å². The predicted octanol–water partition coefficient (Wildman–Crippen LogP) is 4.84. The third-order valence-electron chi connectivity index (χ3n) is 5.18. The largest absolute Gasteiger partial charge is 0.449 e. The van der Waals surface area contributed by atoms with Gasteiger partial charge < -0.3 is 15.8 Å². The van der Waals surface area contributed by atoms with Crippen LogP contribution in [0.3, 0.4) is 0 Å². The Hall–Kier alpha value is -4.23. The lowest BCUT2D eigenvalue weighted by Crippen LogP contribution is -2.30. The van der Waals surface area contributed by atoms with E-state index in [0.29, 0.717) is 38.4 Å². The molecule has 1 atom stereocenters. The first kappa shape index (κ1) is 22.9. The fourth-order valence-electron chi connectivity index (χ4n) is 3.39. The van der Waals surface area contributed by atoms with Gasteiger partial charge in [-0.1, -0.05) is 48.0 Å². The Morgan fingerprint density at radius 3 is 2.35 bits per heavy atom. The van der Waals surface area contributed by atoms with Gasteiger partial charge in [-0.15, -0.1) is 0 Å². The zero-order valence-corrected chi connectivity index (χ0v) is 18.9. The summed E-state index contributed by atoms with van der Waals surface area (Å²) in [6.07, 6.45) is -1.08. The second-order valence-electron chi connectivity index (χ2n) is 7.53. The summed E-state index contributed by atoms with van der Waals surface area (Å²) in [6.45, 7) is 1.48. The summed E-state index contributed by atoms with van der Waals surface area (Å²) in [6, 6.07) is 22.0. The monoisotopic (exact) mass is 473 g/mol. The molecule has 0 aliphatic carbocycles. The summed E-state index contributed by atoms with van der Waals surface area (Å²) >= 11 is 6.34. The number of carbonyl (C=O) groups is 3. The number of pyridine rings is 1. The molecule has 0 aliphatic heterocycles. The number of carbonyl (C=O) groups excluding carboxylic acids is 3. The molecule has 0 fully saturated rings. The van der Waals surface area contributed by atoms with Gasteiger partial charge in [0, 0.05) is 27.2 Å². The zero-order chi connectivity index (χ0) is 24.2. The fourth-order valence-corrected chi connectivity index (χ4v) is 3.62. The van der Waals surface area contributed by atoms with Crippen molar-refractivity contribution in [2.45, 2.75) is 13.0 Å². The van der Waals surface area contributed by atoms with Crippen LogP contribution in [-0.2, 0) is 9.53 Å². The minimum absolute atomic E-state index is 0.269. The van der Waals surface area contributed by atoms with Crippen LogP contribution in [0.25, 0.3) is 22.2 Å². The summed E-state index contributed by atoms with van der Waals surface area (Å²) in [5.74, 6) is -1.76. The molecule has 0 saturated carbocycles. The molecule has 0 spiro atoms. The second kappa shape index (κ2) is 9.72. The van der Waals surface area contributed by atoms with E-state index >= 15 is 0 Å². The van der Waals surface area contributed by atoms with Crippen LogP contribution in [0.5, 0.6) is 0 Å². The van der Waals surface area contributed by atoms with Gasteiger partial charge in [0.05, 0.1) is 16.8 Å². The minimum Gasteiger partial charge on any atom is -0.449 e. The Kier molecular flexibility index (Phi) is 6.56. The molecule has 1 heterocycles. The highest BCUT2D eigenvalue weighted by Crippen LogP contribution is 2.30. The van der Waals surface area contributed by atoms with Crippen molar-refractivity contribution in [3.63, 3.8) is 0 Å². The number of aromatic nitrogens is 1. The number of amides is 2. The topological polar surface area (TPSA) is 111 Å². The number of halogens is 1. The van der Waals surface area contributed by atoms with Crippen molar-refractivity contribution in [1.29, 1.82) is 0 Å². The quantitative estimate of drug-likeness (QED) is 0.389. The van der Waals surface area contributed by atoms with Crippen molar-refractivity contribution < 1.29 is 19.1 Å². The van der Waals surface area contributed by atoms with Crippen LogP contribution in [0.15, 0.2) is 78.9 Å². The van der Waals surface area contributed by atoms with Gasteiger partial charge in [-0.25, -0.2) is 9.78 Å². The van der Waals surface area contributed by atoms with E-state index in [9.17, 15) is 14.4 Å². The molecule has 0 aliphatic rings. The average Bonchev–Trinajstić information content (AvgIpc) is 2.83. The van der Waals surface area contributed by atoms with Gasteiger partial charge in [-0.3, -0.25) is 9.59 Å². The normalized spacial score (nSPS) is 11.6. The van der Waals surface area contributed by atoms with E-state index in [0.717, 1.165) is 0 Å². The Morgan fingerprint density at radius 2 is 1.65 bits per heavy atom. The molecule has 34 heavy (non-hydrogen) atoms. The van der Waals surface area contributed by atoms with Crippen molar-refractivity contribution in [2.24, 2.45) is 5.73 Å². The van der Waals surface area contributed by atoms with Crippen molar-refractivity contribution >= 4 is 46.0 Å². The highest BCUT2D eigenvalue weighted by atomic mass is 35.5. The maximum atomic E-state index is 13.1. The highest BCUT2D eigenvalue weighted by molar-refractivity contribution is 6.33. The maximum Gasteiger partial charge on any atom is 0.339 e. The highest BCUT2D eigenvalue weighted by Gasteiger charge is 2.22. The molecule has 1 aromatic heterocycles. The Labute approximate surface area is 200 Å². The Morgan fingerprint density at radius 1 is 0.971 bits per heavy atom. The zero-order valence-electron chi connectivity index (χ0n) is 18.1. The molecular formula is C26H20ClN3O4. The van der Waals surface area contributed by atoms with E-state index in [-0.39, 0.29) is 5.56 Å². The van der Waals surface area contributed by atoms with Gasteiger partial charge in [-0.05, 0) is 49.4 Å². The molecule has 4 rings (SSSR count). The summed E-state index contributed by atoms with van der Waals surface area (Å²) in [7, 11) is 0. The van der Waals surface area contributed by atoms with Crippen molar-refractivity contribution in [3.8, 4) is 11.3 Å². The molecule has 4 aromatic rings. The number of nitrogens with one attached hydrogen (secondary N) is 1. The number of anilines is 1. The molecule has 8 heteroatoms. The molecule has 0 bridgehead atoms. The lowest BCUT2D eigenvalue weighted by Gasteiger charge is -2.15. The summed E-state index contributed by atoms with van der Waals surface area (Å²) < 4.78 is 5.48. The van der Waals surface area contributed by atoms with Crippen LogP contribution in [0.1, 0.15) is 27.6 Å². The minimum atomic E-state index is -1.08. The van der Waals surface area contributed by atoms with Gasteiger partial charge in [-0.2, -0.15) is 0 Å². The Bertz CT molecular complexity index is 1400. The van der Waals surface area contributed by atoms with Gasteiger partial charge in [0.15, 0.2) is 6.10 Å². The number of hydrogen-bond donors (Lipinski definition) is 2. The number of ether oxygens (including phenoxy) is 1. The molecule has 0 unspecified atom stereocenters. The number of primary amides is 1. The molecule has 3 N–H and O–H groups in total. The van der Waals surface area contributed by atoms with Crippen molar-refractivity contribution in [1.82, 2.24) is 4.98 Å². The first-order valence-corrected chi connectivity index (χ1v) is 10.8. The van der Waals surface area contributed by atoms with Crippen LogP contribution < -0.4 is 11.1 Å². The molecule has 2 amide bonds. The summed E-state index contributed by atoms with van der Waals surface area (Å²) in [4.78, 5) is 41.5. The van der Waals surface area contributed by atoms with Gasteiger partial charge >= 0.3 is 5.97 Å². The van der Waals surface area contributed by atoms with Crippen molar-refractivity contribution in [3.05, 3.63) is 95.0 Å². The summed E-state index contributed by atoms with van der Waals surface area (Å²) in [5.41, 5.74) is 8.03. The van der Waals surface area contributed by atoms with Crippen LogP contribution in [0.4, 0.5) is 5.69 Å². The molecule has 0 radical (unpaired) electrons. The maximum absolute atomic E-state index is 13.1. The number of rotatable bonds is 6. The standard InChI is InChI=1S/C26H20ClN3O4/c1-15(25(32)29-17-12-10-16(11-13-17)24(28)31)34-26(33)20-14-23(19-7-2-4-8-21(19)27)30-22-9-5-3-6-18(20)22/h2-15H,1H3,(H2,28,31)(H,29,32)/t15-/m1/s1. The molecule has 170 valence electrons. The van der Waals surface area contributed by atoms with Crippen LogP contribution in [0.2, 0.25) is 5.02 Å². The second-order valence-corrected chi connectivity index (χ2v) is 7.94. The predicted molar refractivity (Wildman–Crippen MR) is 131 cm³/mol. The van der Waals surface area contributed by atoms with Crippen LogP contribution in [-0.4, -0.2) is 28.9 Å². The number of nitrogens with zero attached hydrogens (tertiary/aromatic N) is 1.